The molecule has 2 aliphatic rings. The highest BCUT2D eigenvalue weighted by atomic mass is 16.5. The summed E-state index contributed by atoms with van der Waals surface area (Å²) in [5, 5.41) is 5.00. The number of hydrogen-bond donors (Lipinski definition) is 0. The molecule has 4 heteroatoms. The summed E-state index contributed by atoms with van der Waals surface area (Å²) in [6, 6.07) is 12.6. The van der Waals surface area contributed by atoms with Crippen LogP contribution in [0.5, 0.6) is 0 Å². The Kier molecular flexibility index (Phi) is 4.63. The van der Waals surface area contributed by atoms with Crippen LogP contribution in [0.1, 0.15) is 73.1 Å². The lowest BCUT2D eigenvalue weighted by Crippen LogP contribution is -2.34. The molecule has 0 N–H and O–H groups in total. The zero-order chi connectivity index (χ0) is 22.8. The minimum Gasteiger partial charge on any atom is -0.465 e. The fourth-order valence-electron chi connectivity index (χ4n) is 5.61. The molecule has 0 saturated carbocycles. The Morgan fingerprint density at radius 1 is 0.969 bits per heavy atom. The highest BCUT2D eigenvalue weighted by Crippen LogP contribution is 2.49. The molecule has 1 aromatic heterocycles. The van der Waals surface area contributed by atoms with Gasteiger partial charge < -0.3 is 4.74 Å². The number of benzene rings is 2. The molecule has 5 rings (SSSR count). The van der Waals surface area contributed by atoms with Gasteiger partial charge in [-0.1, -0.05) is 45.9 Å². The summed E-state index contributed by atoms with van der Waals surface area (Å²) in [5.41, 5.74) is 11.3. The predicted molar refractivity (Wildman–Crippen MR) is 128 cm³/mol. The average Bonchev–Trinajstić information content (AvgIpc) is 3.12. The lowest BCUT2D eigenvalue weighted by atomic mass is 9.62. The van der Waals surface area contributed by atoms with E-state index in [0.29, 0.717) is 5.56 Å². The van der Waals surface area contributed by atoms with E-state index < -0.39 is 0 Å². The van der Waals surface area contributed by atoms with Crippen molar-refractivity contribution in [3.8, 4) is 22.5 Å². The molecule has 0 atom stereocenters. The lowest BCUT2D eigenvalue weighted by Gasteiger charge is -2.42. The molecule has 2 aromatic carbocycles. The molecule has 2 aliphatic carbocycles. The van der Waals surface area contributed by atoms with Crippen LogP contribution in [0.2, 0.25) is 0 Å². The third-order valence-electron chi connectivity index (χ3n) is 7.70. The van der Waals surface area contributed by atoms with Crippen LogP contribution in [0, 0.1) is 0 Å². The van der Waals surface area contributed by atoms with Gasteiger partial charge in [-0.15, -0.1) is 0 Å². The Hall–Kier alpha value is -2.88. The topological polar surface area (TPSA) is 44.1 Å². The van der Waals surface area contributed by atoms with E-state index in [9.17, 15) is 4.79 Å². The van der Waals surface area contributed by atoms with Crippen LogP contribution in [0.3, 0.4) is 0 Å². The Morgan fingerprint density at radius 3 is 2.22 bits per heavy atom. The molecule has 0 radical (unpaired) electrons. The second kappa shape index (κ2) is 7.06. The first-order valence-corrected chi connectivity index (χ1v) is 11.6. The Morgan fingerprint density at radius 2 is 1.59 bits per heavy atom. The summed E-state index contributed by atoms with van der Waals surface area (Å²) in [4.78, 5) is 11.8. The molecule has 0 amide bonds. The highest BCUT2D eigenvalue weighted by molar-refractivity contribution is 5.90. The molecular formula is C28H32N2O2. The molecule has 0 spiro atoms. The molecule has 0 saturated heterocycles. The first kappa shape index (κ1) is 21.0. The van der Waals surface area contributed by atoms with Gasteiger partial charge in [-0.25, -0.2) is 4.79 Å². The second-order valence-electron chi connectivity index (χ2n) is 10.7. The SMILES string of the molecule is COC(=O)c1ccc(-c2c3c(nn2C)-c2cc4c(cc2CC3)C(C)(C)CCC4(C)C)cc1. The molecule has 1 heterocycles. The van der Waals surface area contributed by atoms with E-state index in [1.54, 1.807) is 0 Å². The van der Waals surface area contributed by atoms with Crippen molar-refractivity contribution in [3.05, 3.63) is 64.2 Å². The van der Waals surface area contributed by atoms with Crippen molar-refractivity contribution in [1.82, 2.24) is 9.78 Å². The third kappa shape index (κ3) is 3.11. The van der Waals surface area contributed by atoms with Crippen molar-refractivity contribution in [1.29, 1.82) is 0 Å². The van der Waals surface area contributed by atoms with Crippen LogP contribution in [-0.4, -0.2) is 22.9 Å². The molecule has 0 fully saturated rings. The van der Waals surface area contributed by atoms with Gasteiger partial charge in [0.1, 0.15) is 0 Å². The molecule has 32 heavy (non-hydrogen) atoms. The van der Waals surface area contributed by atoms with E-state index in [1.165, 1.54) is 47.8 Å². The number of rotatable bonds is 2. The van der Waals surface area contributed by atoms with Crippen LogP contribution >= 0.6 is 0 Å². The van der Waals surface area contributed by atoms with Gasteiger partial charge in [0, 0.05) is 23.7 Å². The van der Waals surface area contributed by atoms with Crippen molar-refractivity contribution < 1.29 is 9.53 Å². The Bertz CT molecular complexity index is 1230. The normalized spacial score (nSPS) is 17.8. The fourth-order valence-corrected chi connectivity index (χ4v) is 5.61. The van der Waals surface area contributed by atoms with Crippen molar-refractivity contribution >= 4 is 5.97 Å². The summed E-state index contributed by atoms with van der Waals surface area (Å²) in [6.45, 7) is 9.53. The lowest BCUT2D eigenvalue weighted by molar-refractivity contribution is 0.0600. The number of methoxy groups -OCH3 is 1. The van der Waals surface area contributed by atoms with Gasteiger partial charge in [0.25, 0.3) is 0 Å². The van der Waals surface area contributed by atoms with E-state index in [2.05, 4.69) is 39.8 Å². The number of hydrogen-bond acceptors (Lipinski definition) is 3. The van der Waals surface area contributed by atoms with Gasteiger partial charge in [-0.2, -0.15) is 5.10 Å². The summed E-state index contributed by atoms with van der Waals surface area (Å²) in [6.07, 6.45) is 4.45. The van der Waals surface area contributed by atoms with Gasteiger partial charge in [0.2, 0.25) is 0 Å². The maximum atomic E-state index is 11.8. The number of carbonyl (C=O) groups is 1. The van der Waals surface area contributed by atoms with Crippen LogP contribution < -0.4 is 0 Å². The molecule has 0 aliphatic heterocycles. The Balaban J connectivity index is 1.64. The van der Waals surface area contributed by atoms with Gasteiger partial charge in [0.15, 0.2) is 0 Å². The maximum Gasteiger partial charge on any atom is 0.337 e. The number of aromatic nitrogens is 2. The quantitative estimate of drug-likeness (QED) is 0.471. The minimum atomic E-state index is -0.312. The molecule has 0 unspecified atom stereocenters. The number of carbonyl (C=O) groups excluding carboxylic acids is 1. The van der Waals surface area contributed by atoms with Gasteiger partial charge >= 0.3 is 5.97 Å². The number of fused-ring (bicyclic) bond motifs is 4. The van der Waals surface area contributed by atoms with E-state index >= 15 is 0 Å². The number of nitrogens with zero attached hydrogens (tertiary/aromatic N) is 2. The predicted octanol–water partition coefficient (Wildman–Crippen LogP) is 5.99. The largest absolute Gasteiger partial charge is 0.465 e. The van der Waals surface area contributed by atoms with Crippen LogP contribution in [0.4, 0.5) is 0 Å². The zero-order valence-electron chi connectivity index (χ0n) is 20.0. The van der Waals surface area contributed by atoms with Crippen LogP contribution in [-0.2, 0) is 35.5 Å². The summed E-state index contributed by atoms with van der Waals surface area (Å²) in [7, 11) is 3.43. The van der Waals surface area contributed by atoms with Gasteiger partial charge in [-0.3, -0.25) is 4.68 Å². The van der Waals surface area contributed by atoms with E-state index in [1.807, 2.05) is 36.0 Å². The van der Waals surface area contributed by atoms with Gasteiger partial charge in [0.05, 0.1) is 24.1 Å². The van der Waals surface area contributed by atoms with Crippen LogP contribution in [0.25, 0.3) is 22.5 Å². The smallest absolute Gasteiger partial charge is 0.337 e. The van der Waals surface area contributed by atoms with E-state index in [4.69, 9.17) is 9.84 Å². The minimum absolute atomic E-state index is 0.179. The zero-order valence-corrected chi connectivity index (χ0v) is 20.0. The average molecular weight is 429 g/mol. The van der Waals surface area contributed by atoms with Crippen molar-refractivity contribution in [2.75, 3.05) is 7.11 Å². The second-order valence-corrected chi connectivity index (χ2v) is 10.7. The highest BCUT2D eigenvalue weighted by Gasteiger charge is 2.38. The molecule has 166 valence electrons. The summed E-state index contributed by atoms with van der Waals surface area (Å²) in [5.74, 6) is -0.312. The Labute approximate surface area is 190 Å². The molecule has 0 bridgehead atoms. The molecule has 4 nitrogen and oxygen atoms in total. The monoisotopic (exact) mass is 428 g/mol. The van der Waals surface area contributed by atoms with E-state index in [-0.39, 0.29) is 16.8 Å². The summed E-state index contributed by atoms with van der Waals surface area (Å²) >= 11 is 0. The van der Waals surface area contributed by atoms with Crippen molar-refractivity contribution in [3.63, 3.8) is 0 Å². The summed E-state index contributed by atoms with van der Waals surface area (Å²) < 4.78 is 6.84. The van der Waals surface area contributed by atoms with Crippen LogP contribution in [0.15, 0.2) is 36.4 Å². The fraction of sp³-hybridized carbons (Fsp3) is 0.429. The molecule has 3 aromatic rings. The number of aryl methyl sites for hydroxylation is 2. The van der Waals surface area contributed by atoms with E-state index in [0.717, 1.165) is 29.8 Å². The molecular weight excluding hydrogens is 396 g/mol. The number of esters is 1. The maximum absolute atomic E-state index is 11.8. The van der Waals surface area contributed by atoms with Gasteiger partial charge in [-0.05, 0) is 71.4 Å². The standard InChI is InChI=1S/C28H32N2O2/c1-27(2)13-14-28(3,4)23-16-21-19(15-22(23)27)11-12-20-24(21)29-30(5)25(20)17-7-9-18(10-8-17)26(31)32-6/h7-10,15-16H,11-14H2,1-6H3. The first-order valence-electron chi connectivity index (χ1n) is 11.6. The van der Waals surface area contributed by atoms with Crippen molar-refractivity contribution in [2.45, 2.75) is 64.2 Å². The third-order valence-corrected chi connectivity index (χ3v) is 7.70. The van der Waals surface area contributed by atoms with Crippen molar-refractivity contribution in [2.24, 2.45) is 7.05 Å². The number of ether oxygens (including phenoxy) is 1. The first-order chi connectivity index (χ1) is 15.1.